The number of rotatable bonds is 10. The maximum absolute atomic E-state index is 12.6. The van der Waals surface area contributed by atoms with Gasteiger partial charge in [0.1, 0.15) is 0 Å². The molecule has 47 heavy (non-hydrogen) atoms. The lowest BCUT2D eigenvalue weighted by Crippen LogP contribution is -2.44. The number of nitrogens with one attached hydrogen (secondary N) is 1. The highest BCUT2D eigenvalue weighted by atomic mass is 35.5. The Morgan fingerprint density at radius 3 is 2.55 bits per heavy atom. The van der Waals surface area contributed by atoms with Crippen LogP contribution in [0.5, 0.6) is 0 Å². The molecule has 1 aromatic heterocycles. The zero-order valence-electron chi connectivity index (χ0n) is 26.6. The lowest BCUT2D eigenvalue weighted by molar-refractivity contribution is -0.144. The average Bonchev–Trinajstić information content (AvgIpc) is 3.44. The summed E-state index contributed by atoms with van der Waals surface area (Å²) in [6.45, 7) is 8.34. The van der Waals surface area contributed by atoms with Gasteiger partial charge < -0.3 is 20.7 Å². The molecule has 2 aliphatic heterocycles. The number of nitrogens with two attached hydrogens (primary N) is 1. The van der Waals surface area contributed by atoms with E-state index in [4.69, 9.17) is 38.8 Å². The highest BCUT2D eigenvalue weighted by Gasteiger charge is 2.30. The Hall–Kier alpha value is -3.73. The molecular weight excluding hydrogens is 635 g/mol. The molecular formula is C36H40Cl2N6O3. The van der Waals surface area contributed by atoms with Crippen molar-refractivity contribution >= 4 is 35.0 Å². The standard InChI is InChI=1S/C36H40Cl2N6O3/c1-24-23-47-17-16-42(24)13-5-14-44-33-12-15-43(36(46)35(39)45)22-30(33)34(41-44)27-9-11-32(38)29(19-27)26-8-10-31(37)28(18-26)21-40-20-25-6-3-2-4-7-25/h2-4,6-11,18-19,24,40H,5,12-17,20-23H2,1H3,(H2,39,45)/t24-/m0/s1. The van der Waals surface area contributed by atoms with Gasteiger partial charge in [-0.3, -0.25) is 19.2 Å². The summed E-state index contributed by atoms with van der Waals surface area (Å²) in [5, 5.41) is 9.89. The van der Waals surface area contributed by atoms with Crippen molar-refractivity contribution in [3.8, 4) is 22.4 Å². The number of fused-ring (bicyclic) bond motifs is 1. The molecule has 1 saturated heterocycles. The Labute approximate surface area is 285 Å². The van der Waals surface area contributed by atoms with Gasteiger partial charge in [0.15, 0.2) is 0 Å². The van der Waals surface area contributed by atoms with Crippen molar-refractivity contribution in [2.75, 3.05) is 32.8 Å². The number of benzene rings is 3. The third kappa shape index (κ3) is 7.71. The third-order valence-electron chi connectivity index (χ3n) is 9.04. The van der Waals surface area contributed by atoms with Crippen LogP contribution in [0.1, 0.15) is 35.7 Å². The maximum atomic E-state index is 12.6. The molecule has 1 fully saturated rings. The molecule has 4 aromatic rings. The molecule has 6 rings (SSSR count). The Morgan fingerprint density at radius 2 is 1.77 bits per heavy atom. The van der Waals surface area contributed by atoms with Crippen LogP contribution in [0.15, 0.2) is 66.7 Å². The van der Waals surface area contributed by atoms with Gasteiger partial charge in [0.2, 0.25) is 0 Å². The molecule has 0 bridgehead atoms. The van der Waals surface area contributed by atoms with Gasteiger partial charge in [0, 0.05) is 84.2 Å². The van der Waals surface area contributed by atoms with E-state index < -0.39 is 11.8 Å². The van der Waals surface area contributed by atoms with E-state index in [1.54, 1.807) is 0 Å². The molecule has 0 saturated carbocycles. The van der Waals surface area contributed by atoms with Crippen molar-refractivity contribution in [1.82, 2.24) is 24.9 Å². The normalized spacial score (nSPS) is 16.7. The molecule has 2 amide bonds. The van der Waals surface area contributed by atoms with Crippen LogP contribution in [-0.4, -0.2) is 70.3 Å². The van der Waals surface area contributed by atoms with Crippen LogP contribution in [0.4, 0.5) is 0 Å². The van der Waals surface area contributed by atoms with Crippen molar-refractivity contribution < 1.29 is 14.3 Å². The molecule has 11 heteroatoms. The van der Waals surface area contributed by atoms with Crippen LogP contribution in [0.3, 0.4) is 0 Å². The van der Waals surface area contributed by atoms with E-state index in [1.807, 2.05) is 48.5 Å². The number of hydrogen-bond acceptors (Lipinski definition) is 6. The van der Waals surface area contributed by atoms with E-state index in [9.17, 15) is 9.59 Å². The molecule has 0 radical (unpaired) electrons. The van der Waals surface area contributed by atoms with Crippen molar-refractivity contribution in [3.05, 3.63) is 99.2 Å². The second-order valence-corrected chi connectivity index (χ2v) is 13.1. The second kappa shape index (κ2) is 15.0. The molecule has 3 aromatic carbocycles. The van der Waals surface area contributed by atoms with Crippen LogP contribution in [0.2, 0.25) is 10.0 Å². The van der Waals surface area contributed by atoms with E-state index in [1.165, 1.54) is 10.5 Å². The Balaban J connectivity index is 1.28. The van der Waals surface area contributed by atoms with Crippen LogP contribution >= 0.6 is 23.2 Å². The Kier molecular flexibility index (Phi) is 10.6. The van der Waals surface area contributed by atoms with Gasteiger partial charge in [0.25, 0.3) is 0 Å². The molecule has 9 nitrogen and oxygen atoms in total. The molecule has 3 N–H and O–H groups in total. The third-order valence-corrected chi connectivity index (χ3v) is 9.73. The number of aryl methyl sites for hydroxylation is 1. The van der Waals surface area contributed by atoms with Gasteiger partial charge in [-0.1, -0.05) is 65.7 Å². The molecule has 246 valence electrons. The number of hydrogen-bond donors (Lipinski definition) is 2. The largest absolute Gasteiger partial charge is 0.379 e. The van der Waals surface area contributed by atoms with E-state index >= 15 is 0 Å². The van der Waals surface area contributed by atoms with Crippen LogP contribution in [0.25, 0.3) is 22.4 Å². The number of morpholine rings is 1. The van der Waals surface area contributed by atoms with Gasteiger partial charge in [-0.25, -0.2) is 0 Å². The fourth-order valence-corrected chi connectivity index (χ4v) is 6.87. The van der Waals surface area contributed by atoms with Gasteiger partial charge in [0.05, 0.1) is 25.5 Å². The minimum atomic E-state index is -0.951. The summed E-state index contributed by atoms with van der Waals surface area (Å²) in [5.41, 5.74) is 13.0. The smallest absolute Gasteiger partial charge is 0.311 e. The first-order valence-corrected chi connectivity index (χ1v) is 16.9. The minimum Gasteiger partial charge on any atom is -0.379 e. The Bertz CT molecular complexity index is 1740. The Morgan fingerprint density at radius 1 is 0.979 bits per heavy atom. The second-order valence-electron chi connectivity index (χ2n) is 12.2. The maximum Gasteiger partial charge on any atom is 0.311 e. The molecule has 1 atom stereocenters. The van der Waals surface area contributed by atoms with Crippen LogP contribution < -0.4 is 11.1 Å². The van der Waals surface area contributed by atoms with Crippen molar-refractivity contribution in [2.45, 2.75) is 52.0 Å². The zero-order valence-corrected chi connectivity index (χ0v) is 28.1. The van der Waals surface area contributed by atoms with E-state index in [-0.39, 0.29) is 6.54 Å². The summed E-state index contributed by atoms with van der Waals surface area (Å²) in [6.07, 6.45) is 1.52. The summed E-state index contributed by atoms with van der Waals surface area (Å²) in [5.74, 6) is -1.63. The van der Waals surface area contributed by atoms with E-state index in [2.05, 4.69) is 40.0 Å². The summed E-state index contributed by atoms with van der Waals surface area (Å²) >= 11 is 13.4. The predicted molar refractivity (Wildman–Crippen MR) is 185 cm³/mol. The van der Waals surface area contributed by atoms with E-state index in [0.29, 0.717) is 35.6 Å². The average molecular weight is 676 g/mol. The zero-order chi connectivity index (χ0) is 32.9. The number of ether oxygens (including phenoxy) is 1. The first kappa shape index (κ1) is 33.2. The SMILES string of the molecule is C[C@H]1COCCN1CCCn1nc(-c2ccc(Cl)c(-c3ccc(Cl)c(CNCc4ccccc4)c3)c2)c2c1CCN(C(=O)C(N)=O)C2. The van der Waals surface area contributed by atoms with E-state index in [0.717, 1.165) is 85.0 Å². The van der Waals surface area contributed by atoms with Crippen molar-refractivity contribution in [2.24, 2.45) is 5.73 Å². The number of nitrogens with zero attached hydrogens (tertiary/aromatic N) is 4. The highest BCUT2D eigenvalue weighted by Crippen LogP contribution is 2.37. The molecule has 0 unspecified atom stereocenters. The fraction of sp³-hybridized carbons (Fsp3) is 0.361. The minimum absolute atomic E-state index is 0.267. The number of carbonyl (C=O) groups is 2. The molecule has 0 aliphatic carbocycles. The van der Waals surface area contributed by atoms with Gasteiger partial charge in [-0.2, -0.15) is 5.10 Å². The number of amides is 2. The number of carbonyl (C=O) groups excluding carboxylic acids is 2. The van der Waals surface area contributed by atoms with Crippen molar-refractivity contribution in [3.63, 3.8) is 0 Å². The monoisotopic (exact) mass is 674 g/mol. The number of halogens is 2. The van der Waals surface area contributed by atoms with Crippen LogP contribution in [0, 0.1) is 0 Å². The van der Waals surface area contributed by atoms with Crippen molar-refractivity contribution in [1.29, 1.82) is 0 Å². The molecule has 2 aliphatic rings. The fourth-order valence-electron chi connectivity index (χ4n) is 6.46. The van der Waals surface area contributed by atoms with Crippen LogP contribution in [-0.2, 0) is 46.9 Å². The summed E-state index contributed by atoms with van der Waals surface area (Å²) in [6, 6.07) is 22.5. The topological polar surface area (TPSA) is 106 Å². The van der Waals surface area contributed by atoms with Gasteiger partial charge in [-0.05, 0) is 54.3 Å². The lowest BCUT2D eigenvalue weighted by atomic mass is 9.96. The quantitative estimate of drug-likeness (QED) is 0.221. The number of primary amides is 1. The van der Waals surface area contributed by atoms with Gasteiger partial charge >= 0.3 is 11.8 Å². The first-order chi connectivity index (χ1) is 22.8. The summed E-state index contributed by atoms with van der Waals surface area (Å²) < 4.78 is 7.68. The molecule has 3 heterocycles. The summed E-state index contributed by atoms with van der Waals surface area (Å²) in [7, 11) is 0. The number of aromatic nitrogens is 2. The highest BCUT2D eigenvalue weighted by molar-refractivity contribution is 6.34. The summed E-state index contributed by atoms with van der Waals surface area (Å²) in [4.78, 5) is 28.4. The predicted octanol–water partition coefficient (Wildman–Crippen LogP) is 5.29. The first-order valence-electron chi connectivity index (χ1n) is 16.1. The lowest BCUT2D eigenvalue weighted by Gasteiger charge is -2.33. The molecule has 0 spiro atoms. The van der Waals surface area contributed by atoms with Gasteiger partial charge in [-0.15, -0.1) is 0 Å².